The monoisotopic (exact) mass is 401 g/mol. The zero-order chi connectivity index (χ0) is 21.0. The zero-order valence-corrected chi connectivity index (χ0v) is 15.4. The Kier molecular flexibility index (Phi) is 5.54. The second-order valence-corrected chi connectivity index (χ2v) is 6.20. The molecule has 14 nitrogen and oxygen atoms in total. The van der Waals surface area contributed by atoms with Crippen molar-refractivity contribution in [3.8, 4) is 5.82 Å². The molecule has 0 fully saturated rings. The van der Waals surface area contributed by atoms with Gasteiger partial charge in [0.25, 0.3) is 11.6 Å². The van der Waals surface area contributed by atoms with E-state index in [1.165, 1.54) is 35.2 Å². The number of nitro groups is 1. The van der Waals surface area contributed by atoms with Crippen molar-refractivity contribution in [1.29, 1.82) is 0 Å². The predicted molar refractivity (Wildman–Crippen MR) is 98.3 cm³/mol. The van der Waals surface area contributed by atoms with E-state index in [4.69, 9.17) is 5.73 Å². The molecule has 3 aromatic rings. The van der Waals surface area contributed by atoms with Gasteiger partial charge in [0.1, 0.15) is 12.2 Å². The maximum atomic E-state index is 12.5. The average molecular weight is 401 g/mol. The normalized spacial score (nSPS) is 11.3. The quantitative estimate of drug-likeness (QED) is 0.242. The number of aromatic nitrogens is 5. The van der Waals surface area contributed by atoms with Crippen molar-refractivity contribution in [2.45, 2.75) is 6.54 Å². The Morgan fingerprint density at radius 3 is 2.69 bits per heavy atom. The Morgan fingerprint density at radius 1 is 1.38 bits per heavy atom. The lowest BCUT2D eigenvalue weighted by Gasteiger charge is -2.08. The number of non-ortho nitro benzene ring substituents is 1. The first-order valence-electron chi connectivity index (χ1n) is 8.26. The number of nitrogens with zero attached hydrogens (tertiary/aromatic N) is 7. The third-order valence-corrected chi connectivity index (χ3v) is 3.68. The van der Waals surface area contributed by atoms with E-state index in [1.54, 1.807) is 0 Å². The maximum absolute atomic E-state index is 12.5. The van der Waals surface area contributed by atoms with Gasteiger partial charge >= 0.3 is 0 Å². The number of nitrogens with two attached hydrogens (primary N) is 1. The fraction of sp³-hybridized carbons (Fsp3) is 0.200. The van der Waals surface area contributed by atoms with Crippen molar-refractivity contribution in [2.24, 2.45) is 5.10 Å². The van der Waals surface area contributed by atoms with Crippen LogP contribution in [-0.2, 0) is 6.54 Å². The minimum Gasteiger partial charge on any atom is -0.378 e. The van der Waals surface area contributed by atoms with E-state index in [2.05, 4.69) is 35.8 Å². The first-order valence-corrected chi connectivity index (χ1v) is 8.26. The van der Waals surface area contributed by atoms with E-state index in [-0.39, 0.29) is 23.0 Å². The summed E-state index contributed by atoms with van der Waals surface area (Å²) < 4.78 is 5.87. The number of quaternary nitrogens is 1. The van der Waals surface area contributed by atoms with Crippen LogP contribution in [0.3, 0.4) is 0 Å². The van der Waals surface area contributed by atoms with Gasteiger partial charge in [-0.1, -0.05) is 5.21 Å². The summed E-state index contributed by atoms with van der Waals surface area (Å²) in [4.78, 5) is 23.7. The third kappa shape index (κ3) is 4.38. The molecule has 0 saturated carbocycles. The molecule has 0 spiro atoms. The van der Waals surface area contributed by atoms with Crippen LogP contribution in [-0.4, -0.2) is 56.4 Å². The molecule has 0 unspecified atom stereocenters. The number of hydrazone groups is 1. The van der Waals surface area contributed by atoms with Gasteiger partial charge < -0.3 is 10.6 Å². The molecule has 2 aromatic heterocycles. The molecule has 0 aliphatic rings. The van der Waals surface area contributed by atoms with E-state index < -0.39 is 10.8 Å². The van der Waals surface area contributed by atoms with Crippen LogP contribution in [0.15, 0.2) is 34.0 Å². The van der Waals surface area contributed by atoms with Crippen LogP contribution in [0.2, 0.25) is 0 Å². The molecule has 0 atom stereocenters. The summed E-state index contributed by atoms with van der Waals surface area (Å²) in [5.41, 5.74) is 9.06. The summed E-state index contributed by atoms with van der Waals surface area (Å²) in [5.74, 6) is -0.462. The summed E-state index contributed by atoms with van der Waals surface area (Å²) in [5, 5.41) is 29.5. The van der Waals surface area contributed by atoms with Crippen molar-refractivity contribution in [3.63, 3.8) is 0 Å². The third-order valence-electron chi connectivity index (χ3n) is 3.68. The average Bonchev–Trinajstić information content (AvgIpc) is 3.27. The maximum Gasteiger partial charge on any atom is 0.294 e. The van der Waals surface area contributed by atoms with Crippen LogP contribution in [0.5, 0.6) is 0 Å². The van der Waals surface area contributed by atoms with Crippen LogP contribution in [0.25, 0.3) is 5.82 Å². The van der Waals surface area contributed by atoms with Gasteiger partial charge in [0.05, 0.1) is 25.2 Å². The Bertz CT molecular complexity index is 1050. The number of anilines is 1. The van der Waals surface area contributed by atoms with Gasteiger partial charge in [-0.15, -0.1) is 5.10 Å². The van der Waals surface area contributed by atoms with Gasteiger partial charge in [0, 0.05) is 12.1 Å². The lowest BCUT2D eigenvalue weighted by Crippen LogP contribution is -3.04. The van der Waals surface area contributed by atoms with Gasteiger partial charge in [-0.3, -0.25) is 14.9 Å². The lowest BCUT2D eigenvalue weighted by molar-refractivity contribution is -0.873. The fourth-order valence-electron chi connectivity index (χ4n) is 2.38. The first kappa shape index (κ1) is 19.6. The highest BCUT2D eigenvalue weighted by Crippen LogP contribution is 2.15. The SMILES string of the molecule is C[NH+](C)Cc1c(C(=O)N/N=C\c2ccc([N+](=O)[O-])cc2)nnn1-c1nonc1N. The second-order valence-electron chi connectivity index (χ2n) is 6.20. The first-order chi connectivity index (χ1) is 13.9. The molecule has 4 N–H and O–H groups in total. The number of hydrogen-bond acceptors (Lipinski definition) is 10. The van der Waals surface area contributed by atoms with E-state index in [0.29, 0.717) is 17.8 Å². The summed E-state index contributed by atoms with van der Waals surface area (Å²) in [6.45, 7) is 0.383. The van der Waals surface area contributed by atoms with Crippen LogP contribution >= 0.6 is 0 Å². The molecular formula is C15H17N10O4+. The largest absolute Gasteiger partial charge is 0.378 e. The zero-order valence-electron chi connectivity index (χ0n) is 15.4. The molecular weight excluding hydrogens is 384 g/mol. The topological polar surface area (TPSA) is 185 Å². The van der Waals surface area contributed by atoms with E-state index in [0.717, 1.165) is 4.90 Å². The second kappa shape index (κ2) is 8.22. The van der Waals surface area contributed by atoms with Crippen molar-refractivity contribution in [1.82, 2.24) is 30.7 Å². The summed E-state index contributed by atoms with van der Waals surface area (Å²) >= 11 is 0. The fourth-order valence-corrected chi connectivity index (χ4v) is 2.38. The van der Waals surface area contributed by atoms with Crippen molar-refractivity contribution >= 4 is 23.6 Å². The molecule has 0 radical (unpaired) electrons. The Hall–Kier alpha value is -4.20. The van der Waals surface area contributed by atoms with Crippen molar-refractivity contribution in [3.05, 3.63) is 51.3 Å². The smallest absolute Gasteiger partial charge is 0.294 e. The molecule has 0 aliphatic heterocycles. The standard InChI is InChI=1S/C15H16N10O4/c1-23(2)8-11-12(18-22-24(11)14-13(16)20-29-21-14)15(26)19-17-7-9-3-5-10(6-4-9)25(27)28/h3-7H,8H2,1-2H3,(H2,16,20)(H,19,26)/p+1/b17-7-. The minimum absolute atomic E-state index is 0.00746. The van der Waals surface area contributed by atoms with Crippen LogP contribution in [0, 0.1) is 10.1 Å². The highest BCUT2D eigenvalue weighted by atomic mass is 16.6. The highest BCUT2D eigenvalue weighted by Gasteiger charge is 2.25. The number of carbonyl (C=O) groups is 1. The minimum atomic E-state index is -0.597. The molecule has 2 heterocycles. The molecule has 1 aromatic carbocycles. The number of nitrogen functional groups attached to an aromatic ring is 1. The van der Waals surface area contributed by atoms with Crippen molar-refractivity contribution < 1.29 is 19.2 Å². The molecule has 29 heavy (non-hydrogen) atoms. The van der Waals surface area contributed by atoms with Gasteiger partial charge in [-0.2, -0.15) is 9.78 Å². The van der Waals surface area contributed by atoms with E-state index in [9.17, 15) is 14.9 Å². The van der Waals surface area contributed by atoms with E-state index in [1.807, 2.05) is 14.1 Å². The number of benzene rings is 1. The lowest BCUT2D eigenvalue weighted by atomic mass is 10.2. The molecule has 0 bridgehead atoms. The summed E-state index contributed by atoms with van der Waals surface area (Å²) in [7, 11) is 3.77. The molecule has 0 aliphatic carbocycles. The van der Waals surface area contributed by atoms with Gasteiger partial charge in [-0.05, 0) is 28.0 Å². The molecule has 0 saturated heterocycles. The number of carbonyl (C=O) groups excluding carboxylic acids is 1. The summed E-state index contributed by atoms with van der Waals surface area (Å²) in [6.07, 6.45) is 1.35. The van der Waals surface area contributed by atoms with E-state index >= 15 is 0 Å². The van der Waals surface area contributed by atoms with Crippen LogP contribution in [0.4, 0.5) is 11.5 Å². The van der Waals surface area contributed by atoms with Crippen LogP contribution < -0.4 is 16.1 Å². The molecule has 1 amide bonds. The molecule has 3 rings (SSSR count). The Labute approximate surface area is 163 Å². The number of nitrogens with one attached hydrogen (secondary N) is 2. The number of amides is 1. The van der Waals surface area contributed by atoms with Gasteiger partial charge in [0.15, 0.2) is 5.69 Å². The molecule has 150 valence electrons. The number of rotatable bonds is 7. The number of nitro benzene ring substituents is 1. The molecule has 14 heteroatoms. The van der Waals surface area contributed by atoms with Gasteiger partial charge in [-0.25, -0.2) is 10.1 Å². The summed E-state index contributed by atoms with van der Waals surface area (Å²) in [6, 6.07) is 5.68. The predicted octanol–water partition coefficient (Wildman–Crippen LogP) is -1.45. The van der Waals surface area contributed by atoms with Gasteiger partial charge in [0.2, 0.25) is 11.6 Å². The highest BCUT2D eigenvalue weighted by molar-refractivity contribution is 5.94. The Morgan fingerprint density at radius 2 is 2.10 bits per heavy atom. The number of hydrogen-bond donors (Lipinski definition) is 3. The van der Waals surface area contributed by atoms with Crippen LogP contribution in [0.1, 0.15) is 21.7 Å². The Balaban J connectivity index is 1.79. The van der Waals surface area contributed by atoms with Crippen molar-refractivity contribution in [2.75, 3.05) is 19.8 Å².